The van der Waals surface area contributed by atoms with Gasteiger partial charge in [-0.3, -0.25) is 0 Å². The van der Waals surface area contributed by atoms with E-state index < -0.39 is 0 Å². The van der Waals surface area contributed by atoms with E-state index in [4.69, 9.17) is 8.83 Å². The average Bonchev–Trinajstić information content (AvgIpc) is 3.94. The Morgan fingerprint density at radius 2 is 0.788 bits per heavy atom. The van der Waals surface area contributed by atoms with E-state index >= 15 is 0 Å². The van der Waals surface area contributed by atoms with Crippen molar-refractivity contribution in [1.82, 2.24) is 9.13 Å². The maximum absolute atomic E-state index is 6.81. The SMILES string of the molecule is c1cc(-c2cccc3c2oc2cc4c(cc23)oc2c(-n3c5ccccc5c5ccccc53)cccc24)cc(-n2c3ccccc3c3ccccc32)c1. The highest BCUT2D eigenvalue weighted by Crippen LogP contribution is 2.43. The van der Waals surface area contributed by atoms with Crippen LogP contribution in [0.1, 0.15) is 0 Å². The number of hydrogen-bond acceptors (Lipinski definition) is 2. The molecule has 8 aromatic carbocycles. The first-order chi connectivity index (χ1) is 25.8. The largest absolute Gasteiger partial charge is 0.455 e. The fourth-order valence-corrected chi connectivity index (χ4v) is 8.67. The molecule has 0 aliphatic rings. The average molecular weight is 665 g/mol. The van der Waals surface area contributed by atoms with Crippen molar-refractivity contribution in [3.63, 3.8) is 0 Å². The van der Waals surface area contributed by atoms with Crippen LogP contribution in [0.15, 0.2) is 179 Å². The fourth-order valence-electron chi connectivity index (χ4n) is 8.67. The number of furan rings is 2. The molecule has 0 radical (unpaired) electrons. The van der Waals surface area contributed by atoms with Gasteiger partial charge in [0.05, 0.1) is 27.8 Å². The normalized spacial score (nSPS) is 12.2. The molecule has 12 rings (SSSR count). The minimum atomic E-state index is 0.845. The number of nitrogens with zero attached hydrogens (tertiary/aromatic N) is 2. The van der Waals surface area contributed by atoms with E-state index in [1.165, 1.54) is 32.6 Å². The van der Waals surface area contributed by atoms with Gasteiger partial charge in [-0.05, 0) is 60.2 Å². The second-order valence-electron chi connectivity index (χ2n) is 13.7. The highest BCUT2D eigenvalue weighted by molar-refractivity contribution is 6.18. The summed E-state index contributed by atoms with van der Waals surface area (Å²) in [6, 6.07) is 60.4. The van der Waals surface area contributed by atoms with Crippen LogP contribution in [0.25, 0.3) is 110 Å². The molecule has 0 saturated carbocycles. The molecule has 4 nitrogen and oxygen atoms in total. The van der Waals surface area contributed by atoms with Gasteiger partial charge in [-0.15, -0.1) is 0 Å². The molecule has 0 fully saturated rings. The van der Waals surface area contributed by atoms with Crippen molar-refractivity contribution in [3.05, 3.63) is 170 Å². The summed E-state index contributed by atoms with van der Waals surface area (Å²) in [6.07, 6.45) is 0. The Morgan fingerprint density at radius 1 is 0.327 bits per heavy atom. The second-order valence-corrected chi connectivity index (χ2v) is 13.7. The Labute approximate surface area is 296 Å². The lowest BCUT2D eigenvalue weighted by molar-refractivity contribution is 0.663. The van der Waals surface area contributed by atoms with E-state index in [9.17, 15) is 0 Å². The zero-order chi connectivity index (χ0) is 33.9. The topological polar surface area (TPSA) is 36.1 Å². The molecular weight excluding hydrogens is 637 g/mol. The Hall–Kier alpha value is -7.04. The number of fused-ring (bicyclic) bond motifs is 12. The van der Waals surface area contributed by atoms with Crippen molar-refractivity contribution < 1.29 is 8.83 Å². The Kier molecular flexibility index (Phi) is 5.47. The maximum atomic E-state index is 6.81. The zero-order valence-electron chi connectivity index (χ0n) is 27.9. The van der Waals surface area contributed by atoms with E-state index in [2.05, 4.69) is 179 Å². The summed E-state index contributed by atoms with van der Waals surface area (Å²) in [4.78, 5) is 0. The predicted molar refractivity (Wildman–Crippen MR) is 215 cm³/mol. The third kappa shape index (κ3) is 3.70. The molecule has 0 amide bonds. The third-order valence-electron chi connectivity index (χ3n) is 10.9. The summed E-state index contributed by atoms with van der Waals surface area (Å²) < 4.78 is 18.3. The summed E-state index contributed by atoms with van der Waals surface area (Å²) in [7, 11) is 0. The molecule has 0 aliphatic heterocycles. The van der Waals surface area contributed by atoms with Gasteiger partial charge in [-0.25, -0.2) is 0 Å². The summed E-state index contributed by atoms with van der Waals surface area (Å²) >= 11 is 0. The Bertz CT molecular complexity index is 3320. The minimum absolute atomic E-state index is 0.845. The van der Waals surface area contributed by atoms with E-state index in [1.54, 1.807) is 0 Å². The molecular formula is C48H28N2O2. The lowest BCUT2D eigenvalue weighted by atomic mass is 10.0. The van der Waals surface area contributed by atoms with Crippen LogP contribution in [0.2, 0.25) is 0 Å². The van der Waals surface area contributed by atoms with E-state index in [1.807, 2.05) is 0 Å². The first-order valence-corrected chi connectivity index (χ1v) is 17.7. The van der Waals surface area contributed by atoms with Crippen molar-refractivity contribution >= 4 is 87.5 Å². The van der Waals surface area contributed by atoms with Crippen LogP contribution in [-0.2, 0) is 0 Å². The van der Waals surface area contributed by atoms with Crippen molar-refractivity contribution in [2.75, 3.05) is 0 Å². The van der Waals surface area contributed by atoms with Gasteiger partial charge in [0.1, 0.15) is 16.7 Å². The van der Waals surface area contributed by atoms with E-state index in [-0.39, 0.29) is 0 Å². The maximum Gasteiger partial charge on any atom is 0.159 e. The van der Waals surface area contributed by atoms with Crippen molar-refractivity contribution in [1.29, 1.82) is 0 Å². The molecule has 0 bridgehead atoms. The molecule has 242 valence electrons. The lowest BCUT2D eigenvalue weighted by Crippen LogP contribution is -1.94. The molecule has 0 unspecified atom stereocenters. The third-order valence-corrected chi connectivity index (χ3v) is 10.9. The number of aromatic nitrogens is 2. The van der Waals surface area contributed by atoms with Crippen molar-refractivity contribution in [2.45, 2.75) is 0 Å². The zero-order valence-corrected chi connectivity index (χ0v) is 27.9. The molecule has 0 spiro atoms. The quantitative estimate of drug-likeness (QED) is 0.188. The summed E-state index contributed by atoms with van der Waals surface area (Å²) in [5.41, 5.74) is 12.4. The number of benzene rings is 8. The van der Waals surface area contributed by atoms with Crippen LogP contribution in [0, 0.1) is 0 Å². The standard InChI is InChI=1S/C48H28N2O2/c1-5-21-40-32(14-1)33-15-2-6-22-41(33)49(40)30-13-9-12-29(26-30)31-18-10-19-36-38-27-46-39(28-45(38)51-47(31)36)37-20-11-25-44(48(37)52-46)50-42-23-7-3-16-34(42)35-17-4-8-24-43(35)50/h1-28H. The fraction of sp³-hybridized carbons (Fsp3) is 0. The van der Waals surface area contributed by atoms with Crippen LogP contribution in [0.3, 0.4) is 0 Å². The molecule has 0 saturated heterocycles. The minimum Gasteiger partial charge on any atom is -0.455 e. The molecule has 0 N–H and O–H groups in total. The van der Waals surface area contributed by atoms with Crippen LogP contribution in [0.5, 0.6) is 0 Å². The molecule has 52 heavy (non-hydrogen) atoms. The van der Waals surface area contributed by atoms with Crippen LogP contribution in [-0.4, -0.2) is 9.13 Å². The van der Waals surface area contributed by atoms with Crippen molar-refractivity contribution in [2.24, 2.45) is 0 Å². The molecule has 0 aliphatic carbocycles. The molecule has 4 heteroatoms. The Balaban J connectivity index is 1.04. The molecule has 4 heterocycles. The number of hydrogen-bond donors (Lipinski definition) is 0. The van der Waals surface area contributed by atoms with Gasteiger partial charge >= 0.3 is 0 Å². The van der Waals surface area contributed by atoms with Gasteiger partial charge < -0.3 is 18.0 Å². The van der Waals surface area contributed by atoms with Crippen LogP contribution in [0.4, 0.5) is 0 Å². The summed E-state index contributed by atoms with van der Waals surface area (Å²) in [6.45, 7) is 0. The molecule has 12 aromatic rings. The number of rotatable bonds is 3. The van der Waals surface area contributed by atoms with E-state index in [0.29, 0.717) is 0 Å². The van der Waals surface area contributed by atoms with Gasteiger partial charge in [-0.1, -0.05) is 115 Å². The molecule has 4 aromatic heterocycles. The second kappa shape index (κ2) is 10.3. The molecule has 0 atom stereocenters. The van der Waals surface area contributed by atoms with Gasteiger partial charge in [0.15, 0.2) is 5.58 Å². The predicted octanol–water partition coefficient (Wildman–Crippen LogP) is 13.3. The van der Waals surface area contributed by atoms with Crippen molar-refractivity contribution in [3.8, 4) is 22.5 Å². The van der Waals surface area contributed by atoms with Gasteiger partial charge in [0.2, 0.25) is 0 Å². The highest BCUT2D eigenvalue weighted by Gasteiger charge is 2.20. The Morgan fingerprint density at radius 3 is 1.38 bits per heavy atom. The van der Waals surface area contributed by atoms with Gasteiger partial charge in [-0.2, -0.15) is 0 Å². The highest BCUT2D eigenvalue weighted by atomic mass is 16.3. The smallest absolute Gasteiger partial charge is 0.159 e. The van der Waals surface area contributed by atoms with Crippen LogP contribution < -0.4 is 0 Å². The first-order valence-electron chi connectivity index (χ1n) is 17.7. The summed E-state index contributed by atoms with van der Waals surface area (Å²) in [5, 5.41) is 9.18. The van der Waals surface area contributed by atoms with Gasteiger partial charge in [0.25, 0.3) is 0 Å². The van der Waals surface area contributed by atoms with Crippen LogP contribution >= 0.6 is 0 Å². The van der Waals surface area contributed by atoms with E-state index in [0.717, 1.165) is 77.4 Å². The lowest BCUT2D eigenvalue weighted by Gasteiger charge is -2.10. The van der Waals surface area contributed by atoms with Gasteiger partial charge in [0, 0.05) is 54.3 Å². The first kappa shape index (κ1) is 27.7. The monoisotopic (exact) mass is 664 g/mol. The summed E-state index contributed by atoms with van der Waals surface area (Å²) in [5.74, 6) is 0. The number of para-hydroxylation sites is 6.